The average molecular weight is 471 g/mol. The molecular weight excluding hydrogens is 440 g/mol. The van der Waals surface area contributed by atoms with Crippen LogP contribution < -0.4 is 4.74 Å². The highest BCUT2D eigenvalue weighted by atomic mass is 19.3. The molecule has 1 fully saturated rings. The van der Waals surface area contributed by atoms with E-state index in [0.717, 1.165) is 30.0 Å². The van der Waals surface area contributed by atoms with E-state index in [-0.39, 0.29) is 11.3 Å². The van der Waals surface area contributed by atoms with Crippen LogP contribution in [0.5, 0.6) is 5.75 Å². The fraction of sp³-hybridized carbons (Fsp3) is 0.379. The molecule has 5 heteroatoms. The van der Waals surface area contributed by atoms with Crippen molar-refractivity contribution in [2.45, 2.75) is 58.5 Å². The van der Waals surface area contributed by atoms with Crippen molar-refractivity contribution in [3.63, 3.8) is 0 Å². The van der Waals surface area contributed by atoms with Crippen molar-refractivity contribution in [1.29, 1.82) is 0 Å². The molecule has 0 saturated heterocycles. The first-order chi connectivity index (χ1) is 16.2. The fourth-order valence-corrected chi connectivity index (χ4v) is 4.67. The van der Waals surface area contributed by atoms with Crippen LogP contribution in [0.4, 0.5) is 17.6 Å². The highest BCUT2D eigenvalue weighted by Gasteiger charge is 2.38. The standard InChI is InChI=1S/C29H30F4O/c1-19-3-7-21(8-4-19)9-10-22-11-16-26(28(31)17-22)29(32,33)34-24-14-15-25(27(30)18-24)23-12-5-20(2)6-13-23/h5-6,11-19,21H,3-4,7-10H2,1-2H3. The van der Waals surface area contributed by atoms with Gasteiger partial charge in [0.15, 0.2) is 0 Å². The van der Waals surface area contributed by atoms with Gasteiger partial charge in [-0.05, 0) is 67.0 Å². The van der Waals surface area contributed by atoms with Crippen molar-refractivity contribution in [3.8, 4) is 16.9 Å². The summed E-state index contributed by atoms with van der Waals surface area (Å²) < 4.78 is 63.5. The average Bonchev–Trinajstić information content (AvgIpc) is 2.79. The van der Waals surface area contributed by atoms with E-state index in [2.05, 4.69) is 6.92 Å². The highest BCUT2D eigenvalue weighted by Crippen LogP contribution is 2.36. The molecule has 1 aliphatic carbocycles. The van der Waals surface area contributed by atoms with Crippen molar-refractivity contribution in [2.75, 3.05) is 0 Å². The van der Waals surface area contributed by atoms with E-state index in [0.29, 0.717) is 23.5 Å². The predicted molar refractivity (Wildman–Crippen MR) is 127 cm³/mol. The monoisotopic (exact) mass is 470 g/mol. The summed E-state index contributed by atoms with van der Waals surface area (Å²) in [6.07, 6.45) is 2.45. The first-order valence-corrected chi connectivity index (χ1v) is 11.9. The summed E-state index contributed by atoms with van der Waals surface area (Å²) in [5.41, 5.74) is 1.78. The minimum atomic E-state index is -3.93. The van der Waals surface area contributed by atoms with Gasteiger partial charge in [-0.3, -0.25) is 0 Å². The lowest BCUT2D eigenvalue weighted by molar-refractivity contribution is -0.187. The van der Waals surface area contributed by atoms with Crippen molar-refractivity contribution in [1.82, 2.24) is 0 Å². The maximum atomic E-state index is 14.8. The molecule has 34 heavy (non-hydrogen) atoms. The van der Waals surface area contributed by atoms with E-state index >= 15 is 0 Å². The summed E-state index contributed by atoms with van der Waals surface area (Å²) in [5, 5.41) is 0. The van der Waals surface area contributed by atoms with Crippen molar-refractivity contribution >= 4 is 0 Å². The van der Waals surface area contributed by atoms with E-state index in [9.17, 15) is 17.6 Å². The largest absolute Gasteiger partial charge is 0.429 e. The number of alkyl halides is 2. The number of halogens is 4. The van der Waals surface area contributed by atoms with E-state index in [1.165, 1.54) is 49.9 Å². The second-order valence-corrected chi connectivity index (χ2v) is 9.61. The summed E-state index contributed by atoms with van der Waals surface area (Å²) >= 11 is 0. The number of rotatable bonds is 7. The maximum Gasteiger partial charge on any atom is 0.429 e. The Hall–Kier alpha value is -2.82. The van der Waals surface area contributed by atoms with Gasteiger partial charge in [0.05, 0.1) is 5.56 Å². The molecule has 1 saturated carbocycles. The molecule has 1 aliphatic rings. The Morgan fingerprint density at radius 1 is 0.853 bits per heavy atom. The van der Waals surface area contributed by atoms with Gasteiger partial charge in [0.1, 0.15) is 17.4 Å². The van der Waals surface area contributed by atoms with Crippen LogP contribution in [0, 0.1) is 30.4 Å². The lowest BCUT2D eigenvalue weighted by atomic mass is 9.80. The molecular formula is C29H30F4O. The molecule has 0 aliphatic heterocycles. The first-order valence-electron chi connectivity index (χ1n) is 11.9. The summed E-state index contributed by atoms with van der Waals surface area (Å²) in [6, 6.07) is 14.5. The van der Waals surface area contributed by atoms with Gasteiger partial charge in [-0.1, -0.05) is 68.5 Å². The van der Waals surface area contributed by atoms with Crippen LogP contribution >= 0.6 is 0 Å². The Bertz CT molecular complexity index is 1120. The molecule has 1 nitrogen and oxygen atoms in total. The Labute approximate surface area is 198 Å². The molecule has 3 aromatic carbocycles. The van der Waals surface area contributed by atoms with E-state index in [1.54, 1.807) is 12.1 Å². The third-order valence-corrected chi connectivity index (χ3v) is 6.87. The second kappa shape index (κ2) is 10.2. The third kappa shape index (κ3) is 5.81. The predicted octanol–water partition coefficient (Wildman–Crippen LogP) is 8.83. The number of aryl methyl sites for hydroxylation is 2. The minimum absolute atomic E-state index is 0.277. The van der Waals surface area contributed by atoms with Gasteiger partial charge < -0.3 is 4.74 Å². The van der Waals surface area contributed by atoms with Crippen molar-refractivity contribution in [3.05, 3.63) is 89.0 Å². The zero-order valence-corrected chi connectivity index (χ0v) is 19.6. The molecule has 0 amide bonds. The van der Waals surface area contributed by atoms with Gasteiger partial charge in [-0.2, -0.15) is 8.78 Å². The molecule has 0 spiro atoms. The van der Waals surface area contributed by atoms with E-state index < -0.39 is 23.3 Å². The quantitative estimate of drug-likeness (QED) is 0.314. The summed E-state index contributed by atoms with van der Waals surface area (Å²) in [6.45, 7) is 4.18. The van der Waals surface area contributed by atoms with Crippen LogP contribution in [-0.2, 0) is 12.5 Å². The topological polar surface area (TPSA) is 9.23 Å². The third-order valence-electron chi connectivity index (χ3n) is 6.87. The van der Waals surface area contributed by atoms with Gasteiger partial charge in [0.2, 0.25) is 0 Å². The molecule has 3 aromatic rings. The van der Waals surface area contributed by atoms with Gasteiger partial charge in [-0.15, -0.1) is 0 Å². The van der Waals surface area contributed by atoms with E-state index in [4.69, 9.17) is 4.74 Å². The molecule has 4 rings (SSSR count). The van der Waals surface area contributed by atoms with Crippen molar-refractivity contribution in [2.24, 2.45) is 11.8 Å². The normalized spacial score (nSPS) is 18.6. The molecule has 0 heterocycles. The summed E-state index contributed by atoms with van der Waals surface area (Å²) in [4.78, 5) is 0. The Morgan fingerprint density at radius 3 is 2.21 bits per heavy atom. The highest BCUT2D eigenvalue weighted by molar-refractivity contribution is 5.65. The maximum absolute atomic E-state index is 14.8. The molecule has 0 aromatic heterocycles. The zero-order valence-electron chi connectivity index (χ0n) is 19.6. The van der Waals surface area contributed by atoms with Crippen molar-refractivity contribution < 1.29 is 22.3 Å². The summed E-state index contributed by atoms with van der Waals surface area (Å²) in [5.74, 6) is -0.695. The smallest absolute Gasteiger partial charge is 0.429 e. The first kappa shape index (κ1) is 24.3. The molecule has 0 bridgehead atoms. The zero-order chi connectivity index (χ0) is 24.3. The lowest BCUT2D eigenvalue weighted by Gasteiger charge is -2.26. The van der Waals surface area contributed by atoms with Crippen LogP contribution in [0.25, 0.3) is 11.1 Å². The summed E-state index contributed by atoms with van der Waals surface area (Å²) in [7, 11) is 0. The second-order valence-electron chi connectivity index (χ2n) is 9.61. The number of hydrogen-bond acceptors (Lipinski definition) is 1. The molecule has 180 valence electrons. The minimum Gasteiger partial charge on any atom is -0.429 e. The van der Waals surface area contributed by atoms with Gasteiger partial charge in [0, 0.05) is 11.6 Å². The van der Waals surface area contributed by atoms with Crippen LogP contribution in [0.1, 0.15) is 55.7 Å². The SMILES string of the molecule is Cc1ccc(-c2ccc(OC(F)(F)c3ccc(CCC4CCC(C)CC4)cc3F)cc2F)cc1. The van der Waals surface area contributed by atoms with E-state index in [1.807, 2.05) is 19.1 Å². The Balaban J connectivity index is 1.43. The van der Waals surface area contributed by atoms with Gasteiger partial charge in [-0.25, -0.2) is 8.78 Å². The number of ether oxygens (including phenoxy) is 1. The van der Waals surface area contributed by atoms with Crippen LogP contribution in [0.2, 0.25) is 0 Å². The van der Waals surface area contributed by atoms with Gasteiger partial charge in [0.25, 0.3) is 0 Å². The van der Waals surface area contributed by atoms with Crippen LogP contribution in [0.3, 0.4) is 0 Å². The molecule has 0 atom stereocenters. The van der Waals surface area contributed by atoms with Crippen LogP contribution in [-0.4, -0.2) is 0 Å². The molecule has 0 N–H and O–H groups in total. The Kier molecular flexibility index (Phi) is 7.30. The van der Waals surface area contributed by atoms with Crippen LogP contribution in [0.15, 0.2) is 60.7 Å². The number of benzene rings is 3. The number of hydrogen-bond donors (Lipinski definition) is 0. The van der Waals surface area contributed by atoms with Gasteiger partial charge >= 0.3 is 6.11 Å². The Morgan fingerprint density at radius 2 is 1.56 bits per heavy atom. The molecule has 0 radical (unpaired) electrons. The fourth-order valence-electron chi connectivity index (χ4n) is 4.67. The lowest BCUT2D eigenvalue weighted by Crippen LogP contribution is -2.23. The molecule has 0 unspecified atom stereocenters.